The van der Waals surface area contributed by atoms with Gasteiger partial charge >= 0.3 is 89.4 Å². The molecular weight excluding hydrogens is 249 g/mol. The van der Waals surface area contributed by atoms with Crippen LogP contribution in [0.4, 0.5) is 0 Å². The van der Waals surface area contributed by atoms with Gasteiger partial charge in [0.1, 0.15) is 0 Å². The van der Waals surface area contributed by atoms with Crippen molar-refractivity contribution in [1.82, 2.24) is 0 Å². The Hall–Kier alpha value is 0.893. The van der Waals surface area contributed by atoms with Crippen LogP contribution in [-0.2, 0) is 13.5 Å². The van der Waals surface area contributed by atoms with E-state index in [2.05, 4.69) is 20.8 Å². The van der Waals surface area contributed by atoms with Gasteiger partial charge in [0.2, 0.25) is 0 Å². The molecule has 14 heavy (non-hydrogen) atoms. The molecule has 0 aliphatic carbocycles. The Balaban J connectivity index is 0. The van der Waals surface area contributed by atoms with Gasteiger partial charge in [-0.3, -0.25) is 0 Å². The van der Waals surface area contributed by atoms with E-state index < -0.39 is 14.3 Å². The van der Waals surface area contributed by atoms with E-state index in [9.17, 15) is 0 Å². The van der Waals surface area contributed by atoms with Crippen LogP contribution in [0, 0.1) is 0 Å². The Morgan fingerprint density at radius 3 is 1.14 bits per heavy atom. The first kappa shape index (κ1) is 17.3. The SMILES string of the molecule is CCC[CH2][Ge]([CH2]CCC)[CH2]CCC.[SH-]. The molecular formula is C12H28GeS-. The standard InChI is InChI=1S/C12H27Ge.H2S/c1-4-7-10-13(11-8-5-2)12-9-6-3;/h4-12H2,1-3H3;1H2/p-1. The zero-order chi connectivity index (χ0) is 9.94. The minimum Gasteiger partial charge on any atom is -0.813 e. The summed E-state index contributed by atoms with van der Waals surface area (Å²) < 4.78 is 0. The molecule has 0 heterocycles. The number of unbranched alkanes of at least 4 members (excludes halogenated alkanes) is 3. The Morgan fingerprint density at radius 2 is 0.929 bits per heavy atom. The zero-order valence-electron chi connectivity index (χ0n) is 10.3. The van der Waals surface area contributed by atoms with Crippen LogP contribution >= 0.6 is 0 Å². The van der Waals surface area contributed by atoms with Crippen LogP contribution in [0.3, 0.4) is 0 Å². The third kappa shape index (κ3) is 11.0. The predicted molar refractivity (Wildman–Crippen MR) is 73.7 cm³/mol. The molecule has 0 aromatic carbocycles. The monoisotopic (exact) mass is 278 g/mol. The molecule has 0 aromatic heterocycles. The van der Waals surface area contributed by atoms with E-state index in [0.717, 1.165) is 0 Å². The van der Waals surface area contributed by atoms with Crippen LogP contribution in [0.5, 0.6) is 0 Å². The van der Waals surface area contributed by atoms with Gasteiger partial charge in [-0.1, -0.05) is 0 Å². The van der Waals surface area contributed by atoms with Crippen molar-refractivity contribution in [2.45, 2.75) is 75.1 Å². The van der Waals surface area contributed by atoms with Gasteiger partial charge in [-0.25, -0.2) is 0 Å². The minimum absolute atomic E-state index is 0. The third-order valence-electron chi connectivity index (χ3n) is 2.65. The predicted octanol–water partition coefficient (Wildman–Crippen LogP) is 4.61. The molecule has 87 valence electrons. The summed E-state index contributed by atoms with van der Waals surface area (Å²) in [5.41, 5.74) is 0. The van der Waals surface area contributed by atoms with Crippen molar-refractivity contribution in [3.05, 3.63) is 0 Å². The first-order valence-electron chi connectivity index (χ1n) is 6.18. The Morgan fingerprint density at radius 1 is 0.643 bits per heavy atom. The second kappa shape index (κ2) is 13.9. The molecule has 0 aliphatic rings. The van der Waals surface area contributed by atoms with Gasteiger partial charge in [-0.05, 0) is 0 Å². The topological polar surface area (TPSA) is 0 Å². The third-order valence-corrected chi connectivity index (χ3v) is 9.33. The van der Waals surface area contributed by atoms with E-state index in [1.165, 1.54) is 38.5 Å². The Kier molecular flexibility index (Phi) is 17.2. The summed E-state index contributed by atoms with van der Waals surface area (Å²) in [6, 6.07) is 0. The van der Waals surface area contributed by atoms with Crippen molar-refractivity contribution < 1.29 is 0 Å². The number of hydrogen-bond acceptors (Lipinski definition) is 1. The smallest absolute Gasteiger partial charge is 0.813 e. The molecule has 0 bridgehead atoms. The maximum atomic E-state index is 2.33. The molecule has 0 fully saturated rings. The van der Waals surface area contributed by atoms with Crippen molar-refractivity contribution in [1.29, 1.82) is 0 Å². The van der Waals surface area contributed by atoms with Crippen LogP contribution in [-0.4, -0.2) is 14.3 Å². The molecule has 0 spiro atoms. The van der Waals surface area contributed by atoms with Gasteiger partial charge in [-0.2, -0.15) is 0 Å². The Bertz CT molecular complexity index is 77.3. The van der Waals surface area contributed by atoms with Gasteiger partial charge in [-0.15, -0.1) is 0 Å². The first-order valence-corrected chi connectivity index (χ1v) is 10.6. The fourth-order valence-electron chi connectivity index (χ4n) is 1.66. The van der Waals surface area contributed by atoms with Gasteiger partial charge in [0.05, 0.1) is 0 Å². The summed E-state index contributed by atoms with van der Waals surface area (Å²) in [5.74, 6) is 0. The molecule has 1 radical (unpaired) electrons. The molecule has 0 aromatic rings. The summed E-state index contributed by atoms with van der Waals surface area (Å²) in [4.78, 5) is 0. The maximum Gasteiger partial charge on any atom is -0.813 e. The average Bonchev–Trinajstić information content (AvgIpc) is 2.17. The summed E-state index contributed by atoms with van der Waals surface area (Å²) >= 11 is -0.552. The molecule has 0 saturated carbocycles. The molecule has 0 nitrogen and oxygen atoms in total. The van der Waals surface area contributed by atoms with Crippen LogP contribution < -0.4 is 0 Å². The van der Waals surface area contributed by atoms with Crippen molar-refractivity contribution in [3.8, 4) is 0 Å². The van der Waals surface area contributed by atoms with Crippen molar-refractivity contribution in [3.63, 3.8) is 0 Å². The molecule has 0 N–H and O–H groups in total. The van der Waals surface area contributed by atoms with Gasteiger partial charge in [0.15, 0.2) is 0 Å². The van der Waals surface area contributed by atoms with Crippen LogP contribution in [0.1, 0.15) is 59.3 Å². The normalized spacial score (nSPS) is 10.3. The minimum atomic E-state index is -0.552. The number of hydrogen-bond donors (Lipinski definition) is 0. The number of thiol groups is 1. The summed E-state index contributed by atoms with van der Waals surface area (Å²) in [5, 5.41) is 4.95. The van der Waals surface area contributed by atoms with Crippen LogP contribution in [0.25, 0.3) is 0 Å². The fraction of sp³-hybridized carbons (Fsp3) is 1.00. The second-order valence-corrected chi connectivity index (χ2v) is 10.4. The van der Waals surface area contributed by atoms with E-state index >= 15 is 0 Å². The summed E-state index contributed by atoms with van der Waals surface area (Å²) in [6.07, 6.45) is 8.78. The molecule has 2 heteroatoms. The quantitative estimate of drug-likeness (QED) is 0.337. The fourth-order valence-corrected chi connectivity index (χ4v) is 8.60. The largest absolute Gasteiger partial charge is 0.813 e. The molecule has 0 aliphatic heterocycles. The molecule has 0 rings (SSSR count). The molecule has 0 unspecified atom stereocenters. The van der Waals surface area contributed by atoms with Gasteiger partial charge < -0.3 is 13.5 Å². The first-order chi connectivity index (χ1) is 6.35. The molecule has 0 amide bonds. The second-order valence-electron chi connectivity index (χ2n) is 4.06. The van der Waals surface area contributed by atoms with Crippen molar-refractivity contribution >= 4 is 27.8 Å². The zero-order valence-corrected chi connectivity index (χ0v) is 13.3. The van der Waals surface area contributed by atoms with E-state index in [-0.39, 0.29) is 13.5 Å². The van der Waals surface area contributed by atoms with Crippen LogP contribution in [0.15, 0.2) is 0 Å². The summed E-state index contributed by atoms with van der Waals surface area (Å²) in [7, 11) is 0. The van der Waals surface area contributed by atoms with Crippen LogP contribution in [0.2, 0.25) is 15.8 Å². The van der Waals surface area contributed by atoms with Gasteiger partial charge in [0, 0.05) is 0 Å². The maximum absolute atomic E-state index is 2.33. The van der Waals surface area contributed by atoms with E-state index in [1.807, 2.05) is 0 Å². The van der Waals surface area contributed by atoms with Crippen molar-refractivity contribution in [2.24, 2.45) is 0 Å². The van der Waals surface area contributed by atoms with Crippen molar-refractivity contribution in [2.75, 3.05) is 0 Å². The van der Waals surface area contributed by atoms with Gasteiger partial charge in [0.25, 0.3) is 0 Å². The average molecular weight is 277 g/mol. The number of rotatable bonds is 9. The van der Waals surface area contributed by atoms with E-state index in [4.69, 9.17) is 0 Å². The molecule has 0 saturated heterocycles. The Labute approximate surface area is 103 Å². The molecule has 0 atom stereocenters. The van der Waals surface area contributed by atoms with E-state index in [0.29, 0.717) is 0 Å². The summed E-state index contributed by atoms with van der Waals surface area (Å²) in [6.45, 7) is 6.99. The van der Waals surface area contributed by atoms with E-state index in [1.54, 1.807) is 15.8 Å².